The van der Waals surface area contributed by atoms with Crippen molar-refractivity contribution >= 4 is 5.82 Å². The van der Waals surface area contributed by atoms with Crippen LogP contribution >= 0.6 is 0 Å². The van der Waals surface area contributed by atoms with Crippen molar-refractivity contribution in [1.82, 2.24) is 9.78 Å². The fourth-order valence-electron chi connectivity index (χ4n) is 2.65. The number of anilines is 1. The molecule has 2 aromatic rings. The van der Waals surface area contributed by atoms with Crippen LogP contribution in [0.4, 0.5) is 14.6 Å². The molecule has 0 amide bonds. The Labute approximate surface area is 123 Å². The van der Waals surface area contributed by atoms with Gasteiger partial charge < -0.3 is 5.32 Å². The van der Waals surface area contributed by atoms with Crippen LogP contribution in [0.5, 0.6) is 0 Å². The van der Waals surface area contributed by atoms with E-state index in [2.05, 4.69) is 31.2 Å². The zero-order chi connectivity index (χ0) is 15.2. The molecule has 1 aliphatic heterocycles. The predicted molar refractivity (Wildman–Crippen MR) is 78.5 cm³/mol. The summed E-state index contributed by atoms with van der Waals surface area (Å²) >= 11 is 0. The monoisotopic (exact) mass is 291 g/mol. The largest absolute Gasteiger partial charge is 0.370 e. The SMILES string of the molecule is CC(C)(C)c1cc2n(n1)C(c1cc(F)ccc1F)CCN2. The van der Waals surface area contributed by atoms with E-state index in [1.54, 1.807) is 4.68 Å². The highest BCUT2D eigenvalue weighted by atomic mass is 19.1. The number of aromatic nitrogens is 2. The third kappa shape index (κ3) is 2.52. The molecule has 0 spiro atoms. The van der Waals surface area contributed by atoms with Crippen LogP contribution in [0.3, 0.4) is 0 Å². The third-order valence-electron chi connectivity index (χ3n) is 3.84. The van der Waals surface area contributed by atoms with Crippen molar-refractivity contribution in [2.45, 2.75) is 38.6 Å². The lowest BCUT2D eigenvalue weighted by Crippen LogP contribution is -2.25. The standard InChI is InChI=1S/C16H19F2N3/c1-16(2,3)14-9-15-19-7-6-13(21(15)20-14)11-8-10(17)4-5-12(11)18/h4-5,8-9,13,19H,6-7H2,1-3H3. The molecule has 1 atom stereocenters. The molecule has 5 heteroatoms. The number of rotatable bonds is 1. The van der Waals surface area contributed by atoms with Crippen molar-refractivity contribution in [3.05, 3.63) is 47.2 Å². The highest BCUT2D eigenvalue weighted by Gasteiger charge is 2.28. The molecular formula is C16H19F2N3. The van der Waals surface area contributed by atoms with Crippen LogP contribution in [0.2, 0.25) is 0 Å². The fourth-order valence-corrected chi connectivity index (χ4v) is 2.65. The Balaban J connectivity index is 2.08. The van der Waals surface area contributed by atoms with Gasteiger partial charge in [0.25, 0.3) is 0 Å². The number of hydrogen-bond donors (Lipinski definition) is 1. The van der Waals surface area contributed by atoms with E-state index in [0.717, 1.165) is 24.1 Å². The fraction of sp³-hybridized carbons (Fsp3) is 0.438. The van der Waals surface area contributed by atoms with E-state index in [-0.39, 0.29) is 17.3 Å². The van der Waals surface area contributed by atoms with Crippen molar-refractivity contribution < 1.29 is 8.78 Å². The van der Waals surface area contributed by atoms with E-state index in [9.17, 15) is 8.78 Å². The lowest BCUT2D eigenvalue weighted by Gasteiger charge is -2.26. The van der Waals surface area contributed by atoms with Crippen LogP contribution in [0.15, 0.2) is 24.3 Å². The Kier molecular flexibility index (Phi) is 3.23. The summed E-state index contributed by atoms with van der Waals surface area (Å²) < 4.78 is 29.3. The summed E-state index contributed by atoms with van der Waals surface area (Å²) in [6, 6.07) is 5.31. The van der Waals surface area contributed by atoms with Crippen LogP contribution in [-0.4, -0.2) is 16.3 Å². The molecule has 1 aromatic carbocycles. The average Bonchev–Trinajstić information content (AvgIpc) is 2.85. The normalized spacial score (nSPS) is 18.2. The highest BCUT2D eigenvalue weighted by Crippen LogP contribution is 2.34. The van der Waals surface area contributed by atoms with Gasteiger partial charge in [-0.25, -0.2) is 13.5 Å². The third-order valence-corrected chi connectivity index (χ3v) is 3.84. The molecule has 3 nitrogen and oxygen atoms in total. The molecule has 1 aliphatic rings. The van der Waals surface area contributed by atoms with Crippen LogP contribution < -0.4 is 5.32 Å². The first kappa shape index (κ1) is 14.0. The first-order valence-electron chi connectivity index (χ1n) is 7.15. The molecule has 1 N–H and O–H groups in total. The van der Waals surface area contributed by atoms with Crippen molar-refractivity contribution in [3.63, 3.8) is 0 Å². The summed E-state index contributed by atoms with van der Waals surface area (Å²) in [5.74, 6) is 0.0524. The van der Waals surface area contributed by atoms with Crippen LogP contribution in [-0.2, 0) is 5.41 Å². The van der Waals surface area contributed by atoms with Crippen LogP contribution in [0.1, 0.15) is 44.5 Å². The zero-order valence-corrected chi connectivity index (χ0v) is 12.5. The second kappa shape index (κ2) is 4.83. The second-order valence-corrected chi connectivity index (χ2v) is 6.51. The lowest BCUT2D eigenvalue weighted by atomic mass is 9.92. The number of nitrogens with zero attached hydrogens (tertiary/aromatic N) is 2. The molecule has 0 radical (unpaired) electrons. The van der Waals surface area contributed by atoms with Gasteiger partial charge in [-0.3, -0.25) is 0 Å². The van der Waals surface area contributed by atoms with Gasteiger partial charge in [-0.15, -0.1) is 0 Å². The molecule has 0 bridgehead atoms. The van der Waals surface area contributed by atoms with Gasteiger partial charge in [0.15, 0.2) is 0 Å². The van der Waals surface area contributed by atoms with E-state index in [1.807, 2.05) is 6.07 Å². The van der Waals surface area contributed by atoms with Gasteiger partial charge in [-0.1, -0.05) is 20.8 Å². The van der Waals surface area contributed by atoms with Gasteiger partial charge in [0.2, 0.25) is 0 Å². The maximum atomic E-state index is 14.1. The summed E-state index contributed by atoms with van der Waals surface area (Å²) in [7, 11) is 0. The van der Waals surface area contributed by atoms with Crippen molar-refractivity contribution in [2.24, 2.45) is 0 Å². The summed E-state index contributed by atoms with van der Waals surface area (Å²) in [4.78, 5) is 0. The Morgan fingerprint density at radius 3 is 2.71 bits per heavy atom. The van der Waals surface area contributed by atoms with Crippen molar-refractivity contribution in [2.75, 3.05) is 11.9 Å². The molecule has 3 rings (SSSR count). The minimum Gasteiger partial charge on any atom is -0.370 e. The Hall–Kier alpha value is -1.91. The van der Waals surface area contributed by atoms with E-state index in [0.29, 0.717) is 12.0 Å². The Bertz CT molecular complexity index is 671. The van der Waals surface area contributed by atoms with Crippen LogP contribution in [0, 0.1) is 11.6 Å². The van der Waals surface area contributed by atoms with Gasteiger partial charge >= 0.3 is 0 Å². The van der Waals surface area contributed by atoms with Gasteiger partial charge in [-0.2, -0.15) is 5.10 Å². The molecule has 0 aliphatic carbocycles. The van der Waals surface area contributed by atoms with Gasteiger partial charge in [0.05, 0.1) is 11.7 Å². The Morgan fingerprint density at radius 1 is 1.24 bits per heavy atom. The first-order chi connectivity index (χ1) is 9.86. The summed E-state index contributed by atoms with van der Waals surface area (Å²) in [5.41, 5.74) is 1.21. The number of fused-ring (bicyclic) bond motifs is 1. The minimum absolute atomic E-state index is 0.0863. The molecule has 1 aromatic heterocycles. The molecule has 2 heterocycles. The maximum Gasteiger partial charge on any atom is 0.128 e. The summed E-state index contributed by atoms with van der Waals surface area (Å²) in [6.07, 6.45) is 0.679. The maximum absolute atomic E-state index is 14.1. The smallest absolute Gasteiger partial charge is 0.128 e. The van der Waals surface area contributed by atoms with E-state index in [1.165, 1.54) is 12.1 Å². The average molecular weight is 291 g/mol. The predicted octanol–water partition coefficient (Wildman–Crippen LogP) is 3.86. The summed E-state index contributed by atoms with van der Waals surface area (Å²) in [6.45, 7) is 6.97. The molecule has 1 unspecified atom stereocenters. The second-order valence-electron chi connectivity index (χ2n) is 6.51. The molecule has 0 saturated heterocycles. The zero-order valence-electron chi connectivity index (χ0n) is 12.5. The van der Waals surface area contributed by atoms with Crippen molar-refractivity contribution in [1.29, 1.82) is 0 Å². The van der Waals surface area contributed by atoms with E-state index >= 15 is 0 Å². The first-order valence-corrected chi connectivity index (χ1v) is 7.15. The molecule has 0 fully saturated rings. The molecule has 21 heavy (non-hydrogen) atoms. The quantitative estimate of drug-likeness (QED) is 0.864. The van der Waals surface area contributed by atoms with Gasteiger partial charge in [0.1, 0.15) is 17.5 Å². The van der Waals surface area contributed by atoms with Crippen molar-refractivity contribution in [3.8, 4) is 0 Å². The Morgan fingerprint density at radius 2 is 2.00 bits per heavy atom. The summed E-state index contributed by atoms with van der Waals surface area (Å²) in [5, 5.41) is 7.89. The van der Waals surface area contributed by atoms with Crippen LogP contribution in [0.25, 0.3) is 0 Å². The number of hydrogen-bond acceptors (Lipinski definition) is 2. The van der Waals surface area contributed by atoms with E-state index < -0.39 is 5.82 Å². The lowest BCUT2D eigenvalue weighted by molar-refractivity contribution is 0.442. The molecule has 0 saturated carbocycles. The molecular weight excluding hydrogens is 272 g/mol. The van der Waals surface area contributed by atoms with Gasteiger partial charge in [-0.05, 0) is 24.6 Å². The number of halogens is 2. The topological polar surface area (TPSA) is 29.9 Å². The highest BCUT2D eigenvalue weighted by molar-refractivity contribution is 5.43. The minimum atomic E-state index is -0.422. The van der Waals surface area contributed by atoms with Gasteiger partial charge in [0, 0.05) is 23.6 Å². The molecule has 112 valence electrons. The number of benzene rings is 1. The number of nitrogens with one attached hydrogen (secondary N) is 1. The van der Waals surface area contributed by atoms with E-state index in [4.69, 9.17) is 0 Å².